The third-order valence-corrected chi connectivity index (χ3v) is 2.82. The quantitative estimate of drug-likeness (QED) is 0.858. The van der Waals surface area contributed by atoms with Gasteiger partial charge in [0.05, 0.1) is 6.61 Å². The fourth-order valence-corrected chi connectivity index (χ4v) is 1.97. The van der Waals surface area contributed by atoms with Gasteiger partial charge in [-0.15, -0.1) is 0 Å². The first kappa shape index (κ1) is 12.2. The highest BCUT2D eigenvalue weighted by Gasteiger charge is 2.33. The molecule has 1 atom stereocenters. The summed E-state index contributed by atoms with van der Waals surface area (Å²) in [5.74, 6) is -0.420. The molecule has 1 unspecified atom stereocenters. The van der Waals surface area contributed by atoms with E-state index in [4.69, 9.17) is 10.5 Å². The molecule has 1 rings (SSSR count). The minimum Gasteiger partial charge on any atom is -0.464 e. The molecule has 0 spiro atoms. The van der Waals surface area contributed by atoms with E-state index in [0.29, 0.717) is 6.61 Å². The molecule has 4 heteroatoms. The number of benzene rings is 1. The Morgan fingerprint density at radius 1 is 1.53 bits per heavy atom. The van der Waals surface area contributed by atoms with E-state index in [9.17, 15) is 4.79 Å². The van der Waals surface area contributed by atoms with Gasteiger partial charge in [-0.25, -0.2) is 4.79 Å². The van der Waals surface area contributed by atoms with Gasteiger partial charge in [0.1, 0.15) is 5.54 Å². The topological polar surface area (TPSA) is 52.3 Å². The van der Waals surface area contributed by atoms with Gasteiger partial charge < -0.3 is 10.5 Å². The maximum Gasteiger partial charge on any atom is 0.330 e. The second-order valence-electron chi connectivity index (χ2n) is 3.40. The molecular formula is C11H14BrNO2. The summed E-state index contributed by atoms with van der Waals surface area (Å²) >= 11 is 3.36. The third kappa shape index (κ3) is 2.58. The lowest BCUT2D eigenvalue weighted by Crippen LogP contribution is -2.43. The summed E-state index contributed by atoms with van der Waals surface area (Å²) in [4.78, 5) is 11.6. The molecule has 0 aliphatic heterocycles. The van der Waals surface area contributed by atoms with Gasteiger partial charge in [0, 0.05) is 4.47 Å². The van der Waals surface area contributed by atoms with Gasteiger partial charge in [0.15, 0.2) is 0 Å². The Balaban J connectivity index is 3.05. The molecule has 1 aromatic rings. The van der Waals surface area contributed by atoms with E-state index in [2.05, 4.69) is 15.9 Å². The summed E-state index contributed by atoms with van der Waals surface area (Å²) in [7, 11) is 0. The fourth-order valence-electron chi connectivity index (χ4n) is 1.27. The van der Waals surface area contributed by atoms with Crippen molar-refractivity contribution in [3.63, 3.8) is 0 Å². The molecule has 0 amide bonds. The molecule has 0 aromatic heterocycles. The number of halogens is 1. The number of carbonyl (C=O) groups is 1. The summed E-state index contributed by atoms with van der Waals surface area (Å²) < 4.78 is 5.74. The highest BCUT2D eigenvalue weighted by atomic mass is 79.9. The number of nitrogens with two attached hydrogens (primary N) is 1. The van der Waals surface area contributed by atoms with Crippen LogP contribution < -0.4 is 5.73 Å². The van der Waals surface area contributed by atoms with Gasteiger partial charge >= 0.3 is 5.97 Å². The molecule has 3 nitrogen and oxygen atoms in total. The molecule has 0 fully saturated rings. The van der Waals surface area contributed by atoms with E-state index in [1.807, 2.05) is 18.2 Å². The summed E-state index contributed by atoms with van der Waals surface area (Å²) in [5.41, 5.74) is 5.57. The SMILES string of the molecule is CCOC(=O)C(C)(N)c1ccccc1Br. The first-order valence-corrected chi connectivity index (χ1v) is 5.50. The van der Waals surface area contributed by atoms with E-state index in [-0.39, 0.29) is 0 Å². The van der Waals surface area contributed by atoms with Gasteiger partial charge in [-0.2, -0.15) is 0 Å². The lowest BCUT2D eigenvalue weighted by molar-refractivity contribution is -0.149. The van der Waals surface area contributed by atoms with Crippen LogP contribution in [0.15, 0.2) is 28.7 Å². The van der Waals surface area contributed by atoms with E-state index in [1.165, 1.54) is 0 Å². The molecule has 0 aliphatic rings. The molecule has 0 saturated carbocycles. The Morgan fingerprint density at radius 3 is 2.67 bits per heavy atom. The predicted octanol–water partition coefficient (Wildman–Crippen LogP) is 2.19. The second-order valence-corrected chi connectivity index (χ2v) is 4.26. The lowest BCUT2D eigenvalue weighted by atomic mass is 9.93. The number of hydrogen-bond acceptors (Lipinski definition) is 3. The van der Waals surface area contributed by atoms with Crippen LogP contribution in [0, 0.1) is 0 Å². The zero-order valence-corrected chi connectivity index (χ0v) is 10.4. The number of hydrogen-bond donors (Lipinski definition) is 1. The Hall–Kier alpha value is -0.870. The normalized spacial score (nSPS) is 14.4. The van der Waals surface area contributed by atoms with E-state index >= 15 is 0 Å². The second kappa shape index (κ2) is 4.77. The summed E-state index contributed by atoms with van der Waals surface area (Å²) in [6.45, 7) is 3.73. The summed E-state index contributed by atoms with van der Waals surface area (Å²) in [6, 6.07) is 7.36. The zero-order chi connectivity index (χ0) is 11.5. The standard InChI is InChI=1S/C11H14BrNO2/c1-3-15-10(14)11(2,13)8-6-4-5-7-9(8)12/h4-7H,3,13H2,1-2H3. The van der Waals surface area contributed by atoms with E-state index in [1.54, 1.807) is 19.9 Å². The average molecular weight is 272 g/mol. The van der Waals surface area contributed by atoms with Crippen LogP contribution in [-0.4, -0.2) is 12.6 Å². The van der Waals surface area contributed by atoms with Crippen molar-refractivity contribution in [3.05, 3.63) is 34.3 Å². The zero-order valence-electron chi connectivity index (χ0n) is 8.79. The van der Waals surface area contributed by atoms with Crippen LogP contribution in [-0.2, 0) is 15.1 Å². The Bertz CT molecular complexity index is 363. The fraction of sp³-hybridized carbons (Fsp3) is 0.364. The van der Waals surface area contributed by atoms with Crippen molar-refractivity contribution in [3.8, 4) is 0 Å². The van der Waals surface area contributed by atoms with Crippen molar-refractivity contribution in [1.82, 2.24) is 0 Å². The molecule has 0 saturated heterocycles. The van der Waals surface area contributed by atoms with E-state index < -0.39 is 11.5 Å². The molecule has 15 heavy (non-hydrogen) atoms. The first-order valence-electron chi connectivity index (χ1n) is 4.71. The Labute approximate surface area is 97.7 Å². The molecule has 0 heterocycles. The van der Waals surface area contributed by atoms with Crippen molar-refractivity contribution in [1.29, 1.82) is 0 Å². The van der Waals surface area contributed by atoms with Crippen LogP contribution in [0.3, 0.4) is 0 Å². The molecule has 1 aromatic carbocycles. The largest absolute Gasteiger partial charge is 0.464 e. The highest BCUT2D eigenvalue weighted by molar-refractivity contribution is 9.10. The van der Waals surface area contributed by atoms with Crippen molar-refractivity contribution < 1.29 is 9.53 Å². The molecule has 82 valence electrons. The van der Waals surface area contributed by atoms with Gasteiger partial charge in [-0.05, 0) is 25.5 Å². The van der Waals surface area contributed by atoms with E-state index in [0.717, 1.165) is 10.0 Å². The van der Waals surface area contributed by atoms with Gasteiger partial charge in [0.2, 0.25) is 0 Å². The Morgan fingerprint density at radius 2 is 2.13 bits per heavy atom. The van der Waals surface area contributed by atoms with Crippen molar-refractivity contribution in [2.45, 2.75) is 19.4 Å². The van der Waals surface area contributed by atoms with Crippen molar-refractivity contribution >= 4 is 21.9 Å². The smallest absolute Gasteiger partial charge is 0.330 e. The molecule has 0 bridgehead atoms. The number of ether oxygens (including phenoxy) is 1. The van der Waals surface area contributed by atoms with Crippen LogP contribution in [0.4, 0.5) is 0 Å². The molecule has 2 N–H and O–H groups in total. The summed E-state index contributed by atoms with van der Waals surface area (Å²) in [6.07, 6.45) is 0. The van der Waals surface area contributed by atoms with Crippen LogP contribution in [0.5, 0.6) is 0 Å². The maximum atomic E-state index is 11.6. The van der Waals surface area contributed by atoms with Crippen LogP contribution in [0.2, 0.25) is 0 Å². The lowest BCUT2D eigenvalue weighted by Gasteiger charge is -2.23. The van der Waals surface area contributed by atoms with Gasteiger partial charge in [0.25, 0.3) is 0 Å². The van der Waals surface area contributed by atoms with Gasteiger partial charge in [-0.1, -0.05) is 34.1 Å². The number of rotatable bonds is 3. The molecular weight excluding hydrogens is 258 g/mol. The first-order chi connectivity index (χ1) is 7.00. The highest BCUT2D eigenvalue weighted by Crippen LogP contribution is 2.27. The maximum absolute atomic E-state index is 11.6. The molecule has 0 aliphatic carbocycles. The summed E-state index contributed by atoms with van der Waals surface area (Å²) in [5, 5.41) is 0. The predicted molar refractivity (Wildman–Crippen MR) is 62.3 cm³/mol. The number of carbonyl (C=O) groups excluding carboxylic acids is 1. The molecule has 0 radical (unpaired) electrons. The Kier molecular flexibility index (Phi) is 3.88. The monoisotopic (exact) mass is 271 g/mol. The van der Waals surface area contributed by atoms with Crippen molar-refractivity contribution in [2.24, 2.45) is 5.73 Å². The van der Waals surface area contributed by atoms with Crippen LogP contribution in [0.1, 0.15) is 19.4 Å². The van der Waals surface area contributed by atoms with Crippen molar-refractivity contribution in [2.75, 3.05) is 6.61 Å². The van der Waals surface area contributed by atoms with Gasteiger partial charge in [-0.3, -0.25) is 0 Å². The minimum atomic E-state index is -1.11. The number of esters is 1. The minimum absolute atomic E-state index is 0.329. The van der Waals surface area contributed by atoms with Crippen LogP contribution >= 0.6 is 15.9 Å². The average Bonchev–Trinajstić information content (AvgIpc) is 2.18. The third-order valence-electron chi connectivity index (χ3n) is 2.13. The van der Waals surface area contributed by atoms with Crippen LogP contribution in [0.25, 0.3) is 0 Å².